The first-order chi connectivity index (χ1) is 32.1. The number of aryl methyl sites for hydroxylation is 2. The quantitative estimate of drug-likeness (QED) is 0.0640. The Morgan fingerprint density at radius 2 is 0.603 bits per heavy atom. The van der Waals surface area contributed by atoms with Crippen LogP contribution in [0.4, 0.5) is 0 Å². The molecular weight excluding hydrogens is 969 g/mol. The van der Waals surface area contributed by atoms with Crippen molar-refractivity contribution in [1.82, 2.24) is 19.9 Å². The second-order valence-electron chi connectivity index (χ2n) is 14.9. The molecule has 0 saturated heterocycles. The van der Waals surface area contributed by atoms with Gasteiger partial charge < -0.3 is 26.7 Å². The van der Waals surface area contributed by atoms with Crippen LogP contribution >= 0.6 is 0 Å². The molecule has 8 bridgehead atoms. The maximum Gasteiger partial charge on any atom is 0.446 e. The monoisotopic (exact) mass is 1000 g/mol. The molecular formula is C44H32N4O16S4. The zero-order valence-corrected chi connectivity index (χ0v) is 37.6. The topological polar surface area (TPSA) is 312 Å². The summed E-state index contributed by atoms with van der Waals surface area (Å²) in [7, 11) is -19.4. The Morgan fingerprint density at radius 3 is 0.868 bits per heavy atom. The van der Waals surface area contributed by atoms with E-state index in [4.69, 9.17) is 9.97 Å². The first-order valence-electron chi connectivity index (χ1n) is 19.7. The van der Waals surface area contributed by atoms with E-state index in [-0.39, 0.29) is 23.0 Å². The highest BCUT2D eigenvalue weighted by molar-refractivity contribution is 7.82. The lowest BCUT2D eigenvalue weighted by molar-refractivity contribution is 0.384. The van der Waals surface area contributed by atoms with Crippen LogP contribution < -0.4 is 16.7 Å². The molecule has 24 heteroatoms. The van der Waals surface area contributed by atoms with E-state index in [2.05, 4.69) is 26.7 Å². The smallest absolute Gasteiger partial charge is 0.362 e. The number of aromatic nitrogens is 4. The Bertz CT molecular complexity index is 3570. The van der Waals surface area contributed by atoms with E-state index in [1.54, 1.807) is 84.9 Å². The average molecular weight is 1000 g/mol. The normalized spacial score (nSPS) is 13.0. The highest BCUT2D eigenvalue weighted by atomic mass is 32.3. The summed E-state index contributed by atoms with van der Waals surface area (Å²) in [6, 6.07) is 30.6. The lowest BCUT2D eigenvalue weighted by atomic mass is 10.0. The van der Waals surface area contributed by atoms with Crippen LogP contribution in [0.1, 0.15) is 22.8 Å². The summed E-state index contributed by atoms with van der Waals surface area (Å²) >= 11 is 0. The molecule has 0 saturated carbocycles. The van der Waals surface area contributed by atoms with E-state index in [0.29, 0.717) is 102 Å². The van der Waals surface area contributed by atoms with Gasteiger partial charge in [-0.05, 0) is 120 Å². The average Bonchev–Trinajstić information content (AvgIpc) is 4.09. The van der Waals surface area contributed by atoms with Crippen LogP contribution in [0.5, 0.6) is 23.0 Å². The molecule has 0 unspecified atom stereocenters. The summed E-state index contributed by atoms with van der Waals surface area (Å²) in [5.41, 5.74) is 8.51. The Morgan fingerprint density at radius 1 is 0.353 bits per heavy atom. The predicted molar refractivity (Wildman–Crippen MR) is 248 cm³/mol. The summed E-state index contributed by atoms with van der Waals surface area (Å²) < 4.78 is 148. The van der Waals surface area contributed by atoms with Crippen molar-refractivity contribution in [3.63, 3.8) is 0 Å². The van der Waals surface area contributed by atoms with Crippen molar-refractivity contribution in [2.45, 2.75) is 12.8 Å². The summed E-state index contributed by atoms with van der Waals surface area (Å²) in [6.07, 6.45) is 4.25. The number of aromatic amines is 2. The fourth-order valence-corrected chi connectivity index (χ4v) is 9.34. The number of benzene rings is 4. The maximum absolute atomic E-state index is 11.5. The van der Waals surface area contributed by atoms with Crippen LogP contribution in [-0.4, -0.2) is 71.8 Å². The molecule has 5 heterocycles. The number of hydrogen-bond acceptors (Lipinski definition) is 14. The Labute approximate surface area is 387 Å². The van der Waals surface area contributed by atoms with Crippen molar-refractivity contribution in [3.05, 3.63) is 144 Å². The molecule has 4 aromatic carbocycles. The second-order valence-corrected chi connectivity index (χ2v) is 19.0. The van der Waals surface area contributed by atoms with Gasteiger partial charge in [-0.15, -0.1) is 0 Å². The molecule has 348 valence electrons. The molecule has 9 rings (SSSR count). The third kappa shape index (κ3) is 10.4. The fourth-order valence-electron chi connectivity index (χ4n) is 7.92. The first-order valence-corrected chi connectivity index (χ1v) is 25.1. The van der Waals surface area contributed by atoms with Crippen molar-refractivity contribution < 1.29 is 68.6 Å². The van der Waals surface area contributed by atoms with Crippen LogP contribution in [0.2, 0.25) is 0 Å². The molecule has 6 N–H and O–H groups in total. The van der Waals surface area contributed by atoms with E-state index in [0.717, 1.165) is 0 Å². The number of H-pyrrole nitrogens is 2. The number of rotatable bonds is 12. The molecule has 0 fully saturated rings. The molecule has 68 heavy (non-hydrogen) atoms. The van der Waals surface area contributed by atoms with Crippen molar-refractivity contribution in [2.75, 3.05) is 0 Å². The van der Waals surface area contributed by atoms with Crippen molar-refractivity contribution >= 4 is 75.8 Å². The van der Waals surface area contributed by atoms with Gasteiger partial charge in [-0.25, -0.2) is 4.98 Å². The standard InChI is InChI=1S/C44H32N4O16S4/c49-65(50,51)61-29-9-1-25(2-10-29)41-33-17-19-35(45-33)42(26-3-11-30(12-4-26)62-66(52,53)54)37-21-23-39(47-37)44(28-7-15-32(16-8-28)64-68(58,59)60)40-24-22-38(48-40)43(36-20-18-34(41)46-36)27-5-13-31(14-6-27)63-67(55,56)57/h1-21,23,46-47H,22,24H2,(H,49,50,51)(H,52,53,54)(H,55,56,57)(H,58,59,60). The van der Waals surface area contributed by atoms with E-state index in [9.17, 15) is 51.9 Å². The molecule has 0 spiro atoms. The van der Waals surface area contributed by atoms with Gasteiger partial charge in [0.1, 0.15) is 23.0 Å². The van der Waals surface area contributed by atoms with Gasteiger partial charge >= 0.3 is 41.6 Å². The largest absolute Gasteiger partial charge is 0.446 e. The summed E-state index contributed by atoms with van der Waals surface area (Å²) in [6.45, 7) is 0. The number of hydrogen-bond donors (Lipinski definition) is 6. The third-order valence-corrected chi connectivity index (χ3v) is 12.0. The fraction of sp³-hybridized carbons (Fsp3) is 0.0455. The van der Waals surface area contributed by atoms with Crippen LogP contribution in [0.3, 0.4) is 0 Å². The van der Waals surface area contributed by atoms with Crippen molar-refractivity contribution in [3.8, 4) is 67.5 Å². The molecule has 7 aromatic rings. The summed E-state index contributed by atoms with van der Waals surface area (Å²) in [5.74, 6) is -0.665. The molecule has 2 aliphatic rings. The highest BCUT2D eigenvalue weighted by Crippen LogP contribution is 2.39. The maximum atomic E-state index is 11.5. The van der Waals surface area contributed by atoms with Gasteiger partial charge in [0.15, 0.2) is 0 Å². The summed E-state index contributed by atoms with van der Waals surface area (Å²) in [5, 5.41) is 0. The molecule has 0 atom stereocenters. The minimum Gasteiger partial charge on any atom is -0.362 e. The Balaban J connectivity index is 1.38. The van der Waals surface area contributed by atoms with Crippen LogP contribution in [0, 0.1) is 0 Å². The zero-order chi connectivity index (χ0) is 48.2. The molecule has 0 aliphatic carbocycles. The molecule has 0 amide bonds. The van der Waals surface area contributed by atoms with Gasteiger partial charge in [-0.1, -0.05) is 48.5 Å². The van der Waals surface area contributed by atoms with Gasteiger partial charge in [0.2, 0.25) is 0 Å². The molecule has 3 aromatic heterocycles. The van der Waals surface area contributed by atoms with Gasteiger partial charge in [-0.2, -0.15) is 33.7 Å². The molecule has 0 radical (unpaired) electrons. The lowest BCUT2D eigenvalue weighted by Crippen LogP contribution is -2.06. The SMILES string of the molecule is O=S(=O)(O)Oc1ccc(-c2c3nc(c(-c4ccc(OS(=O)(=O)O)cc4)c4ccc([nH]4)c(-c4ccc(OS(=O)(=O)O)cc4)c4nc(c(-c5ccc(OS(=O)(=O)O)cc5)c5ccc2[nH]5)CC4)C=C3)cc1. The molecule has 20 nitrogen and oxygen atoms in total. The van der Waals surface area contributed by atoms with Gasteiger partial charge in [0.05, 0.1) is 22.8 Å². The molecule has 2 aliphatic heterocycles. The van der Waals surface area contributed by atoms with Gasteiger partial charge in [0.25, 0.3) is 0 Å². The van der Waals surface area contributed by atoms with Crippen molar-refractivity contribution in [1.29, 1.82) is 0 Å². The highest BCUT2D eigenvalue weighted by Gasteiger charge is 2.22. The van der Waals surface area contributed by atoms with Gasteiger partial charge in [-0.3, -0.25) is 23.2 Å². The Kier molecular flexibility index (Phi) is 11.7. The Hall–Kier alpha value is -7.42. The summed E-state index contributed by atoms with van der Waals surface area (Å²) in [4.78, 5) is 17.3. The van der Waals surface area contributed by atoms with Crippen LogP contribution in [-0.2, 0) is 54.4 Å². The van der Waals surface area contributed by atoms with E-state index in [1.165, 1.54) is 48.5 Å². The first kappa shape index (κ1) is 45.7. The minimum absolute atomic E-state index is 0.161. The third-order valence-electron chi connectivity index (χ3n) is 10.4. The van der Waals surface area contributed by atoms with Crippen LogP contribution in [0.25, 0.3) is 78.7 Å². The zero-order valence-electron chi connectivity index (χ0n) is 34.3. The van der Waals surface area contributed by atoms with E-state index >= 15 is 0 Å². The van der Waals surface area contributed by atoms with Gasteiger partial charge in [0, 0.05) is 44.3 Å². The van der Waals surface area contributed by atoms with E-state index < -0.39 is 41.6 Å². The number of nitrogens with zero attached hydrogens (tertiary/aromatic N) is 2. The van der Waals surface area contributed by atoms with Crippen molar-refractivity contribution in [2.24, 2.45) is 0 Å². The predicted octanol–water partition coefficient (Wildman–Crippen LogP) is 7.66. The minimum atomic E-state index is -4.84. The van der Waals surface area contributed by atoms with Crippen LogP contribution in [0.15, 0.2) is 121 Å². The number of fused-ring (bicyclic) bond motifs is 8. The second kappa shape index (κ2) is 17.3. The lowest BCUT2D eigenvalue weighted by Gasteiger charge is -2.08. The number of nitrogens with one attached hydrogen (secondary N) is 2. The van der Waals surface area contributed by atoms with E-state index in [1.807, 2.05) is 0 Å².